The maximum atomic E-state index is 15.1. The van der Waals surface area contributed by atoms with Gasteiger partial charge in [0.25, 0.3) is 5.91 Å². The van der Waals surface area contributed by atoms with E-state index in [1.807, 2.05) is 98.5 Å². The number of rotatable bonds is 14. The minimum Gasteiger partial charge on any atom is -0.497 e. The number of hydrogen-bond donors (Lipinski definition) is 2. The third kappa shape index (κ3) is 9.32. The van der Waals surface area contributed by atoms with Crippen molar-refractivity contribution < 1.29 is 37.1 Å². The molecule has 2 saturated heterocycles. The molecule has 2 N–H and O–H groups in total. The van der Waals surface area contributed by atoms with Gasteiger partial charge in [0.1, 0.15) is 29.2 Å². The predicted molar refractivity (Wildman–Crippen MR) is 240 cm³/mol. The molecule has 0 spiro atoms. The molecule has 5 atom stereocenters. The third-order valence-electron chi connectivity index (χ3n) is 13.3. The van der Waals surface area contributed by atoms with Crippen molar-refractivity contribution in [2.45, 2.75) is 94.6 Å². The Kier molecular flexibility index (Phi) is 12.1. The maximum Gasteiger partial charge on any atom is 0.259 e. The SMILES string of the molecule is C=C[C@@H]1C[C@]1(NC(=O)[C@@H]1C[C@@H](Oc2cc(-c3ccccc3)nc3cc(OC)ccc23)CN1C(=O)[C@@H](CC(=O)N1CCC(c2ccccc2)CC1)C(C)(C)C)C(=O)NS(=O)(=O)C1CC1. The Labute approximate surface area is 369 Å². The van der Waals surface area contributed by atoms with Gasteiger partial charge >= 0.3 is 0 Å². The lowest BCUT2D eigenvalue weighted by atomic mass is 9.77. The number of aromatic nitrogens is 1. The number of likely N-dealkylation sites (tertiary alicyclic amines) is 2. The first kappa shape index (κ1) is 43.9. The van der Waals surface area contributed by atoms with Crippen LogP contribution < -0.4 is 19.5 Å². The summed E-state index contributed by atoms with van der Waals surface area (Å²) in [6.07, 6.45) is 3.58. The van der Waals surface area contributed by atoms with Crippen LogP contribution in [-0.2, 0) is 29.2 Å². The highest BCUT2D eigenvalue weighted by Gasteiger charge is 2.62. The molecular weight excluding hydrogens is 819 g/mol. The number of benzene rings is 3. The van der Waals surface area contributed by atoms with Crippen molar-refractivity contribution in [1.29, 1.82) is 0 Å². The molecule has 4 fully saturated rings. The summed E-state index contributed by atoms with van der Waals surface area (Å²) in [5.41, 5.74) is 1.18. The van der Waals surface area contributed by atoms with Crippen molar-refractivity contribution >= 4 is 44.6 Å². The summed E-state index contributed by atoms with van der Waals surface area (Å²) in [5.74, 6) is -1.78. The summed E-state index contributed by atoms with van der Waals surface area (Å²) in [6, 6.07) is 26.2. The molecule has 2 saturated carbocycles. The van der Waals surface area contributed by atoms with Crippen LogP contribution in [0.4, 0.5) is 0 Å². The molecule has 0 bridgehead atoms. The number of carbonyl (C=O) groups excluding carboxylic acids is 4. The number of sulfonamides is 1. The molecule has 0 unspecified atom stereocenters. The van der Waals surface area contributed by atoms with Crippen LogP contribution in [0, 0.1) is 17.3 Å². The zero-order valence-electron chi connectivity index (χ0n) is 36.4. The molecule has 13 nitrogen and oxygen atoms in total. The number of amides is 4. The highest BCUT2D eigenvalue weighted by atomic mass is 32.2. The number of carbonyl (C=O) groups is 4. The van der Waals surface area contributed by atoms with Gasteiger partial charge in [0.15, 0.2) is 0 Å². The number of piperidine rings is 1. The van der Waals surface area contributed by atoms with Crippen LogP contribution in [0.15, 0.2) is 97.6 Å². The number of pyridine rings is 1. The fourth-order valence-electron chi connectivity index (χ4n) is 9.19. The fourth-order valence-corrected chi connectivity index (χ4v) is 10.6. The average molecular weight is 876 g/mol. The summed E-state index contributed by atoms with van der Waals surface area (Å²) < 4.78 is 40.3. The van der Waals surface area contributed by atoms with Crippen LogP contribution in [0.5, 0.6) is 11.5 Å². The summed E-state index contributed by atoms with van der Waals surface area (Å²) in [5, 5.41) is 2.95. The van der Waals surface area contributed by atoms with Gasteiger partial charge in [0.05, 0.1) is 36.0 Å². The largest absolute Gasteiger partial charge is 0.497 e. The molecule has 4 aromatic rings. The number of hydrogen-bond acceptors (Lipinski definition) is 9. The molecule has 3 aromatic carbocycles. The van der Waals surface area contributed by atoms with Crippen LogP contribution >= 0.6 is 0 Å². The van der Waals surface area contributed by atoms with E-state index in [9.17, 15) is 22.8 Å². The van der Waals surface area contributed by atoms with E-state index in [1.54, 1.807) is 7.11 Å². The standard InChI is InChI=1S/C49H57N5O8S/c1-6-34-29-49(34,47(58)52-63(59,60)37-18-19-37)51-45(56)42-26-36(62-43-28-40(33-15-11-8-12-16-33)50-41-25-35(61-5)17-20-38(41)43)30-54(42)46(57)39(48(2,3)4)27-44(55)53-23-21-32(22-24-53)31-13-9-7-10-14-31/h6-17,20,25,28,32,34,36-37,39,42H,1,18-19,21-24,26-27,29-30H2,2-5H3,(H,51,56)(H,52,58)/t34-,36-,39-,42+,49-/m1/s1. The second kappa shape index (κ2) is 17.4. The first-order chi connectivity index (χ1) is 30.1. The first-order valence-electron chi connectivity index (χ1n) is 21.9. The molecule has 63 heavy (non-hydrogen) atoms. The number of methoxy groups -OCH3 is 1. The van der Waals surface area contributed by atoms with Gasteiger partial charge < -0.3 is 24.6 Å². The van der Waals surface area contributed by atoms with E-state index in [0.717, 1.165) is 18.4 Å². The van der Waals surface area contributed by atoms with Crippen molar-refractivity contribution in [3.63, 3.8) is 0 Å². The van der Waals surface area contributed by atoms with Crippen molar-refractivity contribution in [2.24, 2.45) is 17.3 Å². The molecule has 332 valence electrons. The Morgan fingerprint density at radius 3 is 2.25 bits per heavy atom. The molecule has 0 radical (unpaired) electrons. The summed E-state index contributed by atoms with van der Waals surface area (Å²) >= 11 is 0. The monoisotopic (exact) mass is 875 g/mol. The highest BCUT2D eigenvalue weighted by Crippen LogP contribution is 2.46. The van der Waals surface area contributed by atoms with Gasteiger partial charge in [-0.15, -0.1) is 6.58 Å². The van der Waals surface area contributed by atoms with Gasteiger partial charge in [-0.1, -0.05) is 87.5 Å². The normalized spacial score (nSPS) is 23.1. The van der Waals surface area contributed by atoms with E-state index >= 15 is 4.79 Å². The van der Waals surface area contributed by atoms with Crippen LogP contribution in [0.1, 0.15) is 77.2 Å². The molecule has 14 heteroatoms. The van der Waals surface area contributed by atoms with Crippen molar-refractivity contribution in [1.82, 2.24) is 24.8 Å². The Hall–Kier alpha value is -5.76. The van der Waals surface area contributed by atoms with E-state index < -0.39 is 62.0 Å². The fraction of sp³-hybridized carbons (Fsp3) is 0.449. The minimum atomic E-state index is -3.91. The molecule has 8 rings (SSSR count). The van der Waals surface area contributed by atoms with Gasteiger partial charge in [-0.3, -0.25) is 23.9 Å². The Morgan fingerprint density at radius 2 is 1.63 bits per heavy atom. The molecule has 4 aliphatic rings. The third-order valence-corrected chi connectivity index (χ3v) is 15.1. The lowest BCUT2D eigenvalue weighted by molar-refractivity contribution is -0.148. The number of ether oxygens (including phenoxy) is 2. The smallest absolute Gasteiger partial charge is 0.259 e. The lowest BCUT2D eigenvalue weighted by Crippen LogP contribution is -2.57. The van der Waals surface area contributed by atoms with Gasteiger partial charge in [-0.05, 0) is 61.1 Å². The van der Waals surface area contributed by atoms with Gasteiger partial charge in [0, 0.05) is 54.9 Å². The second-order valence-electron chi connectivity index (χ2n) is 18.6. The van der Waals surface area contributed by atoms with Gasteiger partial charge in [-0.2, -0.15) is 0 Å². The van der Waals surface area contributed by atoms with Crippen LogP contribution in [0.3, 0.4) is 0 Å². The Bertz CT molecular complexity index is 2500. The van der Waals surface area contributed by atoms with Crippen LogP contribution in [0.25, 0.3) is 22.2 Å². The topological polar surface area (TPSA) is 164 Å². The van der Waals surface area contributed by atoms with E-state index in [-0.39, 0.29) is 37.6 Å². The molecule has 2 aliphatic heterocycles. The summed E-state index contributed by atoms with van der Waals surface area (Å²) in [7, 11) is -2.33. The Balaban J connectivity index is 1.08. The van der Waals surface area contributed by atoms with Crippen molar-refractivity contribution in [3.05, 3.63) is 103 Å². The summed E-state index contributed by atoms with van der Waals surface area (Å²) in [6.45, 7) is 10.8. The van der Waals surface area contributed by atoms with Crippen LogP contribution in [0.2, 0.25) is 0 Å². The molecule has 3 heterocycles. The highest BCUT2D eigenvalue weighted by molar-refractivity contribution is 7.91. The molecule has 1 aromatic heterocycles. The average Bonchev–Trinajstić information content (AvgIpc) is 4.22. The van der Waals surface area contributed by atoms with Gasteiger partial charge in [-0.25, -0.2) is 13.4 Å². The quantitative estimate of drug-likeness (QED) is 0.137. The molecule has 4 amide bonds. The van der Waals surface area contributed by atoms with E-state index in [4.69, 9.17) is 14.5 Å². The number of fused-ring (bicyclic) bond motifs is 1. The van der Waals surface area contributed by atoms with Crippen molar-refractivity contribution in [3.8, 4) is 22.8 Å². The lowest BCUT2D eigenvalue weighted by Gasteiger charge is -2.37. The first-order valence-corrected chi connectivity index (χ1v) is 23.5. The zero-order chi connectivity index (χ0) is 44.7. The second-order valence-corrected chi connectivity index (χ2v) is 20.6. The van der Waals surface area contributed by atoms with Crippen molar-refractivity contribution in [2.75, 3.05) is 26.7 Å². The zero-order valence-corrected chi connectivity index (χ0v) is 37.2. The molecular formula is C49H57N5O8S. The van der Waals surface area contributed by atoms with Gasteiger partial charge in [0.2, 0.25) is 27.7 Å². The minimum absolute atomic E-state index is 0.0148. The molecule has 2 aliphatic carbocycles. The Morgan fingerprint density at radius 1 is 0.952 bits per heavy atom. The van der Waals surface area contributed by atoms with Crippen LogP contribution in [-0.4, -0.2) is 96.5 Å². The maximum absolute atomic E-state index is 15.1. The van der Waals surface area contributed by atoms with E-state index in [0.29, 0.717) is 59.9 Å². The van der Waals surface area contributed by atoms with E-state index in [2.05, 4.69) is 28.8 Å². The summed E-state index contributed by atoms with van der Waals surface area (Å²) in [4.78, 5) is 65.9. The van der Waals surface area contributed by atoms with E-state index in [1.165, 1.54) is 16.5 Å². The number of nitrogens with one attached hydrogen (secondary N) is 2. The number of nitrogens with zero attached hydrogens (tertiary/aromatic N) is 3. The predicted octanol–water partition coefficient (Wildman–Crippen LogP) is 6.39.